The van der Waals surface area contributed by atoms with E-state index in [2.05, 4.69) is 25.7 Å². The molecule has 1 saturated heterocycles. The van der Waals surface area contributed by atoms with Gasteiger partial charge in [0.15, 0.2) is 5.17 Å². The molecule has 1 heterocycles. The summed E-state index contributed by atoms with van der Waals surface area (Å²) in [4.78, 5) is 2.22. The average Bonchev–Trinajstić information content (AvgIpc) is 2.24. The van der Waals surface area contributed by atoms with Crippen LogP contribution in [0.15, 0.2) is 0 Å². The minimum Gasteiger partial charge on any atom is -0.346 e. The normalized spacial score (nSPS) is 21.9. The molecule has 0 aliphatic carbocycles. The lowest BCUT2D eigenvalue weighted by atomic mass is 10.1. The maximum absolute atomic E-state index is 7.73. The molecule has 70 valence electrons. The number of nitrogens with zero attached hydrogens (tertiary/aromatic N) is 1. The van der Waals surface area contributed by atoms with Crippen LogP contribution in [0.4, 0.5) is 0 Å². The molecule has 0 aromatic heterocycles. The van der Waals surface area contributed by atoms with E-state index in [0.29, 0.717) is 0 Å². The topological polar surface area (TPSA) is 27.1 Å². The zero-order valence-electron chi connectivity index (χ0n) is 8.18. The summed E-state index contributed by atoms with van der Waals surface area (Å²) in [6.07, 6.45) is 2.41. The molecule has 3 heteroatoms. The molecule has 1 rings (SSSR count). The van der Waals surface area contributed by atoms with E-state index in [4.69, 9.17) is 5.41 Å². The first-order valence-electron chi connectivity index (χ1n) is 4.57. The highest BCUT2D eigenvalue weighted by Gasteiger charge is 2.35. The summed E-state index contributed by atoms with van der Waals surface area (Å²) in [6.45, 7) is 7.68. The van der Waals surface area contributed by atoms with Gasteiger partial charge in [0.2, 0.25) is 0 Å². The summed E-state index contributed by atoms with van der Waals surface area (Å²) in [5, 5.41) is 8.49. The van der Waals surface area contributed by atoms with Gasteiger partial charge in [0.1, 0.15) is 0 Å². The van der Waals surface area contributed by atoms with Crippen molar-refractivity contribution in [1.29, 1.82) is 5.41 Å². The molecule has 0 unspecified atom stereocenters. The van der Waals surface area contributed by atoms with E-state index in [1.807, 2.05) is 0 Å². The molecule has 1 fully saturated rings. The fourth-order valence-electron chi connectivity index (χ4n) is 1.40. The van der Waals surface area contributed by atoms with Crippen LogP contribution in [0.25, 0.3) is 0 Å². The van der Waals surface area contributed by atoms with Crippen molar-refractivity contribution >= 4 is 16.9 Å². The molecule has 0 amide bonds. The van der Waals surface area contributed by atoms with Crippen molar-refractivity contribution in [2.45, 2.75) is 39.2 Å². The molecule has 0 saturated carbocycles. The Kier molecular flexibility index (Phi) is 3.04. The highest BCUT2D eigenvalue weighted by atomic mass is 32.2. The highest BCUT2D eigenvalue weighted by molar-refractivity contribution is 8.14. The quantitative estimate of drug-likeness (QED) is 0.733. The Morgan fingerprint density at radius 3 is 2.67 bits per heavy atom. The molecule has 0 aromatic carbocycles. The Labute approximate surface area is 79.2 Å². The van der Waals surface area contributed by atoms with Crippen molar-refractivity contribution in [2.24, 2.45) is 0 Å². The standard InChI is InChI=1S/C9H18N2S/c1-4-5-6-11-8(10)12-7-9(11,2)3/h10H,4-7H2,1-3H3. The lowest BCUT2D eigenvalue weighted by Crippen LogP contribution is -2.42. The number of amidine groups is 1. The van der Waals surface area contributed by atoms with Crippen LogP contribution >= 0.6 is 11.8 Å². The monoisotopic (exact) mass is 186 g/mol. The van der Waals surface area contributed by atoms with Crippen molar-refractivity contribution in [2.75, 3.05) is 12.3 Å². The van der Waals surface area contributed by atoms with Crippen LogP contribution < -0.4 is 0 Å². The molecule has 2 nitrogen and oxygen atoms in total. The number of nitrogens with one attached hydrogen (secondary N) is 1. The zero-order chi connectivity index (χ0) is 9.19. The molecule has 0 aromatic rings. The van der Waals surface area contributed by atoms with E-state index in [9.17, 15) is 0 Å². The maximum atomic E-state index is 7.73. The number of thioether (sulfide) groups is 1. The molecule has 1 aliphatic rings. The predicted octanol–water partition coefficient (Wildman–Crippen LogP) is 2.55. The van der Waals surface area contributed by atoms with Gasteiger partial charge in [-0.3, -0.25) is 5.41 Å². The summed E-state index contributed by atoms with van der Waals surface area (Å²) in [5.41, 5.74) is 0.205. The number of unbranched alkanes of at least 4 members (excludes halogenated alkanes) is 1. The SMILES string of the molecule is CCCCN1C(=N)SCC1(C)C. The minimum atomic E-state index is 0.205. The van der Waals surface area contributed by atoms with E-state index < -0.39 is 0 Å². The smallest absolute Gasteiger partial charge is 0.156 e. The predicted molar refractivity (Wildman–Crippen MR) is 55.9 cm³/mol. The summed E-state index contributed by atoms with van der Waals surface area (Å²) in [5.74, 6) is 1.07. The Morgan fingerprint density at radius 1 is 1.58 bits per heavy atom. The Balaban J connectivity index is 2.53. The van der Waals surface area contributed by atoms with Crippen LogP contribution in [0.1, 0.15) is 33.6 Å². The van der Waals surface area contributed by atoms with Gasteiger partial charge in [-0.05, 0) is 20.3 Å². The van der Waals surface area contributed by atoms with Gasteiger partial charge in [0.25, 0.3) is 0 Å². The van der Waals surface area contributed by atoms with Crippen molar-refractivity contribution in [3.05, 3.63) is 0 Å². The van der Waals surface area contributed by atoms with Gasteiger partial charge >= 0.3 is 0 Å². The van der Waals surface area contributed by atoms with E-state index in [1.54, 1.807) is 11.8 Å². The second-order valence-electron chi connectivity index (χ2n) is 3.91. The highest BCUT2D eigenvalue weighted by Crippen LogP contribution is 2.31. The third-order valence-corrected chi connectivity index (χ3v) is 3.62. The van der Waals surface area contributed by atoms with Gasteiger partial charge in [-0.15, -0.1) is 0 Å². The Hall–Kier alpha value is -0.180. The molecule has 1 N–H and O–H groups in total. The Morgan fingerprint density at radius 2 is 2.25 bits per heavy atom. The van der Waals surface area contributed by atoms with Crippen LogP contribution in [-0.4, -0.2) is 27.9 Å². The molecular formula is C9H18N2S. The van der Waals surface area contributed by atoms with Crippen molar-refractivity contribution in [3.63, 3.8) is 0 Å². The fourth-order valence-corrected chi connectivity index (χ4v) is 2.54. The van der Waals surface area contributed by atoms with E-state index in [-0.39, 0.29) is 5.54 Å². The number of hydrogen-bond donors (Lipinski definition) is 1. The van der Waals surface area contributed by atoms with Gasteiger partial charge in [0, 0.05) is 17.8 Å². The third kappa shape index (κ3) is 1.94. The first-order valence-corrected chi connectivity index (χ1v) is 5.55. The summed E-state index contributed by atoms with van der Waals surface area (Å²) in [6, 6.07) is 0. The van der Waals surface area contributed by atoms with E-state index in [0.717, 1.165) is 17.5 Å². The van der Waals surface area contributed by atoms with Gasteiger partial charge in [-0.1, -0.05) is 25.1 Å². The van der Waals surface area contributed by atoms with Crippen molar-refractivity contribution in [3.8, 4) is 0 Å². The third-order valence-electron chi connectivity index (χ3n) is 2.27. The number of rotatable bonds is 3. The molecule has 0 radical (unpaired) electrons. The molecule has 0 bridgehead atoms. The largest absolute Gasteiger partial charge is 0.346 e. The van der Waals surface area contributed by atoms with Crippen LogP contribution in [0, 0.1) is 5.41 Å². The minimum absolute atomic E-state index is 0.205. The van der Waals surface area contributed by atoms with Crippen LogP contribution in [0.5, 0.6) is 0 Å². The summed E-state index contributed by atoms with van der Waals surface area (Å²) >= 11 is 1.67. The first kappa shape index (κ1) is 9.90. The molecule has 12 heavy (non-hydrogen) atoms. The van der Waals surface area contributed by atoms with Crippen LogP contribution in [0.3, 0.4) is 0 Å². The molecular weight excluding hydrogens is 168 g/mol. The van der Waals surface area contributed by atoms with Crippen LogP contribution in [-0.2, 0) is 0 Å². The fraction of sp³-hybridized carbons (Fsp3) is 0.889. The van der Waals surface area contributed by atoms with Gasteiger partial charge in [-0.2, -0.15) is 0 Å². The van der Waals surface area contributed by atoms with Crippen molar-refractivity contribution in [1.82, 2.24) is 4.90 Å². The second-order valence-corrected chi connectivity index (χ2v) is 4.88. The van der Waals surface area contributed by atoms with Crippen molar-refractivity contribution < 1.29 is 0 Å². The summed E-state index contributed by atoms with van der Waals surface area (Å²) < 4.78 is 0. The molecule has 0 spiro atoms. The first-order chi connectivity index (χ1) is 5.58. The van der Waals surface area contributed by atoms with E-state index >= 15 is 0 Å². The lowest BCUT2D eigenvalue weighted by Gasteiger charge is -2.31. The summed E-state index contributed by atoms with van der Waals surface area (Å²) in [7, 11) is 0. The van der Waals surface area contributed by atoms with Crippen LogP contribution in [0.2, 0.25) is 0 Å². The van der Waals surface area contributed by atoms with E-state index in [1.165, 1.54) is 12.8 Å². The zero-order valence-corrected chi connectivity index (χ0v) is 9.00. The number of hydrogen-bond acceptors (Lipinski definition) is 2. The van der Waals surface area contributed by atoms with Gasteiger partial charge in [-0.25, -0.2) is 0 Å². The Bertz CT molecular complexity index is 177. The second kappa shape index (κ2) is 3.69. The molecule has 1 aliphatic heterocycles. The maximum Gasteiger partial charge on any atom is 0.156 e. The average molecular weight is 186 g/mol. The van der Waals surface area contributed by atoms with Gasteiger partial charge < -0.3 is 4.90 Å². The lowest BCUT2D eigenvalue weighted by molar-refractivity contribution is 0.252. The molecule has 0 atom stereocenters. The van der Waals surface area contributed by atoms with Gasteiger partial charge in [0.05, 0.1) is 0 Å².